The molecule has 5 rings (SSSR count). The van der Waals surface area contributed by atoms with Gasteiger partial charge in [0.15, 0.2) is 0 Å². The van der Waals surface area contributed by atoms with Crippen LogP contribution < -0.4 is 0 Å². The summed E-state index contributed by atoms with van der Waals surface area (Å²) in [5, 5.41) is 20.8. The van der Waals surface area contributed by atoms with Crippen LogP contribution in [0.1, 0.15) is 25.3 Å². The quantitative estimate of drug-likeness (QED) is 0.787. The van der Waals surface area contributed by atoms with Crippen molar-refractivity contribution in [2.45, 2.75) is 37.3 Å². The highest BCUT2D eigenvalue weighted by Gasteiger charge is 2.66. The summed E-state index contributed by atoms with van der Waals surface area (Å²) >= 11 is 0. The Hall–Kier alpha value is -1.92. The molecular weight excluding hydrogens is 332 g/mol. The van der Waals surface area contributed by atoms with Crippen molar-refractivity contribution in [3.05, 3.63) is 23.8 Å². The Morgan fingerprint density at radius 2 is 2.27 bits per heavy atom. The van der Waals surface area contributed by atoms with Crippen molar-refractivity contribution in [2.75, 3.05) is 20.2 Å². The molecule has 3 heterocycles. The van der Waals surface area contributed by atoms with Gasteiger partial charge in [-0.05, 0) is 43.9 Å². The average Bonchev–Trinajstić information content (AvgIpc) is 3.18. The van der Waals surface area contributed by atoms with Crippen LogP contribution in [-0.2, 0) is 14.9 Å². The second kappa shape index (κ2) is 5.30. The van der Waals surface area contributed by atoms with Crippen molar-refractivity contribution in [1.29, 1.82) is 0 Å². The van der Waals surface area contributed by atoms with Gasteiger partial charge in [-0.15, -0.1) is 0 Å². The third kappa shape index (κ3) is 1.79. The van der Waals surface area contributed by atoms with Crippen LogP contribution in [-0.4, -0.2) is 59.1 Å². The fourth-order valence-electron chi connectivity index (χ4n) is 6.20. The summed E-state index contributed by atoms with van der Waals surface area (Å²) in [7, 11) is 1.42. The Morgan fingerprint density at radius 3 is 3.00 bits per heavy atom. The molecule has 1 spiro atoms. The molecule has 0 radical (unpaired) electrons. The first-order chi connectivity index (χ1) is 12.5. The molecule has 6 heteroatoms. The van der Waals surface area contributed by atoms with Crippen LogP contribution in [0.3, 0.4) is 0 Å². The van der Waals surface area contributed by atoms with Crippen molar-refractivity contribution in [3.63, 3.8) is 0 Å². The highest BCUT2D eigenvalue weighted by Crippen LogP contribution is 2.61. The SMILES string of the molecule is COC(=O)C1C2=Nc3c(O)cccc3[C@]23CCN2C[C@H]([C@H](C)O)[C@H]1C[C@@H]23. The van der Waals surface area contributed by atoms with Crippen molar-refractivity contribution >= 4 is 17.4 Å². The molecule has 6 nitrogen and oxygen atoms in total. The molecule has 6 atom stereocenters. The topological polar surface area (TPSA) is 82.4 Å². The number of aromatic hydroxyl groups is 1. The lowest BCUT2D eigenvalue weighted by Gasteiger charge is -2.53. The Labute approximate surface area is 152 Å². The van der Waals surface area contributed by atoms with Gasteiger partial charge < -0.3 is 14.9 Å². The van der Waals surface area contributed by atoms with Crippen molar-refractivity contribution in [1.82, 2.24) is 4.90 Å². The van der Waals surface area contributed by atoms with Crippen LogP contribution in [0.15, 0.2) is 23.2 Å². The van der Waals surface area contributed by atoms with E-state index in [9.17, 15) is 15.0 Å². The molecule has 2 N–H and O–H groups in total. The van der Waals surface area contributed by atoms with E-state index in [4.69, 9.17) is 9.73 Å². The number of piperidine rings is 1. The molecule has 138 valence electrons. The zero-order valence-corrected chi connectivity index (χ0v) is 15.1. The predicted molar refractivity (Wildman–Crippen MR) is 95.6 cm³/mol. The Kier molecular flexibility index (Phi) is 3.32. The number of esters is 1. The number of nitrogens with zero attached hydrogens (tertiary/aromatic N) is 2. The minimum absolute atomic E-state index is 0.0186. The molecule has 3 fully saturated rings. The van der Waals surface area contributed by atoms with E-state index in [0.717, 1.165) is 37.2 Å². The molecule has 0 aromatic heterocycles. The van der Waals surface area contributed by atoms with Gasteiger partial charge in [0.05, 0.1) is 24.5 Å². The zero-order valence-electron chi connectivity index (χ0n) is 15.1. The van der Waals surface area contributed by atoms with E-state index >= 15 is 0 Å². The number of aliphatic imine (C=N–C) groups is 1. The first-order valence-corrected chi connectivity index (χ1v) is 9.40. The fraction of sp³-hybridized carbons (Fsp3) is 0.600. The summed E-state index contributed by atoms with van der Waals surface area (Å²) in [5.41, 5.74) is 2.19. The predicted octanol–water partition coefficient (Wildman–Crippen LogP) is 1.61. The van der Waals surface area contributed by atoms with E-state index in [2.05, 4.69) is 4.90 Å². The summed E-state index contributed by atoms with van der Waals surface area (Å²) in [6.07, 6.45) is 1.25. The molecule has 0 amide bonds. The first kappa shape index (κ1) is 16.3. The van der Waals surface area contributed by atoms with Gasteiger partial charge in [0.25, 0.3) is 0 Å². The van der Waals surface area contributed by atoms with Crippen LogP contribution >= 0.6 is 0 Å². The molecule has 1 saturated carbocycles. The number of carbonyl (C=O) groups is 1. The lowest BCUT2D eigenvalue weighted by atomic mass is 9.55. The van der Waals surface area contributed by atoms with E-state index in [0.29, 0.717) is 5.69 Å². The molecule has 2 bridgehead atoms. The maximum absolute atomic E-state index is 12.8. The van der Waals surface area contributed by atoms with Gasteiger partial charge >= 0.3 is 5.97 Å². The number of aliphatic hydroxyl groups is 1. The number of phenols is 1. The monoisotopic (exact) mass is 356 g/mol. The van der Waals surface area contributed by atoms with E-state index in [1.54, 1.807) is 6.07 Å². The van der Waals surface area contributed by atoms with Crippen molar-refractivity contribution in [3.8, 4) is 5.75 Å². The molecule has 1 aromatic rings. The van der Waals surface area contributed by atoms with Crippen molar-refractivity contribution < 1.29 is 19.7 Å². The molecule has 1 aliphatic carbocycles. The molecule has 2 saturated heterocycles. The number of rotatable bonds is 2. The molecule has 26 heavy (non-hydrogen) atoms. The number of fused-ring (bicyclic) bond motifs is 2. The molecule has 1 aromatic carbocycles. The number of phenolic OH excluding ortho intramolecular Hbond substituents is 1. The minimum Gasteiger partial charge on any atom is -0.506 e. The zero-order chi connectivity index (χ0) is 18.2. The summed E-state index contributed by atoms with van der Waals surface area (Å²) in [6, 6.07) is 5.83. The van der Waals surface area contributed by atoms with Gasteiger partial charge in [-0.25, -0.2) is 0 Å². The second-order valence-electron chi connectivity index (χ2n) is 8.21. The number of hydrogen-bond acceptors (Lipinski definition) is 6. The number of methoxy groups -OCH3 is 1. The van der Waals surface area contributed by atoms with Gasteiger partial charge in [0.2, 0.25) is 0 Å². The van der Waals surface area contributed by atoms with Gasteiger partial charge in [0, 0.05) is 24.2 Å². The van der Waals surface area contributed by atoms with E-state index in [1.165, 1.54) is 7.11 Å². The van der Waals surface area contributed by atoms with Gasteiger partial charge in [-0.1, -0.05) is 12.1 Å². The molecule has 1 unspecified atom stereocenters. The standard InChI is InChI=1S/C20H24N2O4/c1-10(23)12-9-22-7-6-20-13-4-3-5-14(24)17(13)21-18(20)16(19(25)26-2)11(12)8-15(20)22/h3-5,10-12,15-16,23-24H,6-9H2,1-2H3/t10-,11+,12+,15+,16?,20-/m0/s1. The van der Waals surface area contributed by atoms with Crippen molar-refractivity contribution in [2.24, 2.45) is 22.7 Å². The summed E-state index contributed by atoms with van der Waals surface area (Å²) < 4.78 is 5.17. The minimum atomic E-state index is -0.487. The molecular formula is C20H24N2O4. The average molecular weight is 356 g/mol. The normalized spacial score (nSPS) is 38.3. The third-order valence-corrected chi connectivity index (χ3v) is 7.28. The van der Waals surface area contributed by atoms with Crippen LogP contribution in [0, 0.1) is 17.8 Å². The second-order valence-corrected chi connectivity index (χ2v) is 8.21. The Bertz CT molecular complexity index is 820. The Morgan fingerprint density at radius 1 is 1.46 bits per heavy atom. The number of carbonyl (C=O) groups excluding carboxylic acids is 1. The number of hydrogen-bond donors (Lipinski definition) is 2. The number of aliphatic hydroxyl groups excluding tert-OH is 1. The van der Waals surface area contributed by atoms with E-state index in [1.807, 2.05) is 19.1 Å². The van der Waals surface area contributed by atoms with Crippen LogP contribution in [0.2, 0.25) is 0 Å². The summed E-state index contributed by atoms with van der Waals surface area (Å²) in [6.45, 7) is 3.53. The largest absolute Gasteiger partial charge is 0.506 e. The first-order valence-electron chi connectivity index (χ1n) is 9.40. The van der Waals surface area contributed by atoms with Crippen LogP contribution in [0.4, 0.5) is 5.69 Å². The van der Waals surface area contributed by atoms with Gasteiger partial charge in [-0.2, -0.15) is 0 Å². The highest BCUT2D eigenvalue weighted by molar-refractivity contribution is 6.14. The smallest absolute Gasteiger partial charge is 0.314 e. The number of benzene rings is 1. The number of ether oxygens (including phenoxy) is 1. The number of para-hydroxylation sites is 1. The van der Waals surface area contributed by atoms with Crippen LogP contribution in [0.5, 0.6) is 5.75 Å². The molecule has 3 aliphatic heterocycles. The van der Waals surface area contributed by atoms with E-state index in [-0.39, 0.29) is 35.0 Å². The highest BCUT2D eigenvalue weighted by atomic mass is 16.5. The summed E-state index contributed by atoms with van der Waals surface area (Å²) in [5.74, 6) is -0.521. The third-order valence-electron chi connectivity index (χ3n) is 7.28. The Balaban J connectivity index is 1.74. The fourth-order valence-corrected chi connectivity index (χ4v) is 6.20. The maximum Gasteiger partial charge on any atom is 0.314 e. The molecule has 4 aliphatic rings. The van der Waals surface area contributed by atoms with Gasteiger partial charge in [0.1, 0.15) is 11.4 Å². The van der Waals surface area contributed by atoms with Gasteiger partial charge in [-0.3, -0.25) is 14.7 Å². The van der Waals surface area contributed by atoms with E-state index < -0.39 is 12.0 Å². The summed E-state index contributed by atoms with van der Waals surface area (Å²) in [4.78, 5) is 20.1. The lowest BCUT2D eigenvalue weighted by molar-refractivity contribution is -0.148. The maximum atomic E-state index is 12.8. The van der Waals surface area contributed by atoms with Crippen LogP contribution in [0.25, 0.3) is 0 Å². The lowest BCUT2D eigenvalue weighted by Crippen LogP contribution is -2.63.